The van der Waals surface area contributed by atoms with Crippen LogP contribution in [0.25, 0.3) is 21.8 Å². The van der Waals surface area contributed by atoms with Crippen LogP contribution in [0.4, 0.5) is 0 Å². The summed E-state index contributed by atoms with van der Waals surface area (Å²) in [7, 11) is 0. The second-order valence-corrected chi connectivity index (χ2v) is 9.44. The van der Waals surface area contributed by atoms with E-state index in [0.29, 0.717) is 10.0 Å². The summed E-state index contributed by atoms with van der Waals surface area (Å²) in [4.78, 5) is 0. The van der Waals surface area contributed by atoms with E-state index in [0.717, 1.165) is 18.7 Å². The molecule has 3 aromatic carbocycles. The van der Waals surface area contributed by atoms with Crippen molar-refractivity contribution in [3.05, 3.63) is 105 Å². The van der Waals surface area contributed by atoms with Crippen LogP contribution in [-0.4, -0.2) is 9.13 Å². The summed E-state index contributed by atoms with van der Waals surface area (Å²) < 4.78 is 4.84. The zero-order chi connectivity index (χ0) is 23.3. The Kier molecular flexibility index (Phi) is 5.76. The zero-order valence-corrected chi connectivity index (χ0v) is 21.0. The highest BCUT2D eigenvalue weighted by Crippen LogP contribution is 2.45. The maximum absolute atomic E-state index is 6.57. The molecule has 0 saturated heterocycles. The van der Waals surface area contributed by atoms with E-state index in [-0.39, 0.29) is 5.92 Å². The summed E-state index contributed by atoms with van der Waals surface area (Å²) >= 11 is 12.9. The summed E-state index contributed by atoms with van der Waals surface area (Å²) in [5.74, 6) is 0.0372. The normalized spacial score (nSPS) is 11.8. The molecule has 0 aliphatic carbocycles. The van der Waals surface area contributed by atoms with Crippen molar-refractivity contribution in [2.75, 3.05) is 0 Å². The monoisotopic (exact) mass is 474 g/mol. The van der Waals surface area contributed by atoms with E-state index < -0.39 is 0 Å². The molecule has 2 heterocycles. The molecule has 2 nitrogen and oxygen atoms in total. The van der Waals surface area contributed by atoms with Crippen LogP contribution in [0.5, 0.6) is 0 Å². The Hall–Kier alpha value is -2.68. The molecule has 0 aliphatic heterocycles. The fraction of sp³-hybridized carbons (Fsp3) is 0.241. The molecule has 0 unspecified atom stereocenters. The molecule has 0 fully saturated rings. The Labute approximate surface area is 205 Å². The lowest BCUT2D eigenvalue weighted by Gasteiger charge is -2.21. The summed E-state index contributed by atoms with van der Waals surface area (Å²) in [5, 5.41) is 3.76. The minimum Gasteiger partial charge on any atom is -0.345 e. The second kappa shape index (κ2) is 8.59. The molecule has 168 valence electrons. The van der Waals surface area contributed by atoms with Crippen LogP contribution in [-0.2, 0) is 13.1 Å². The van der Waals surface area contributed by atoms with Crippen molar-refractivity contribution in [3.8, 4) is 0 Å². The summed E-state index contributed by atoms with van der Waals surface area (Å²) in [6.07, 6.45) is 0. The third kappa shape index (κ3) is 3.39. The number of aryl methyl sites for hydroxylation is 2. The van der Waals surface area contributed by atoms with Crippen LogP contribution in [0.1, 0.15) is 47.8 Å². The Bertz CT molecular complexity index is 1400. The smallest absolute Gasteiger partial charge is 0.0595 e. The largest absolute Gasteiger partial charge is 0.345 e. The van der Waals surface area contributed by atoms with Gasteiger partial charge in [0.05, 0.1) is 10.0 Å². The van der Waals surface area contributed by atoms with Crippen LogP contribution in [0.3, 0.4) is 0 Å². The lowest BCUT2D eigenvalue weighted by Crippen LogP contribution is -2.08. The van der Waals surface area contributed by atoms with Crippen molar-refractivity contribution in [1.82, 2.24) is 9.13 Å². The average molecular weight is 475 g/mol. The predicted molar refractivity (Wildman–Crippen MR) is 142 cm³/mol. The molecule has 5 rings (SSSR count). The second-order valence-electron chi connectivity index (χ2n) is 8.63. The van der Waals surface area contributed by atoms with Gasteiger partial charge in [0, 0.05) is 52.2 Å². The lowest BCUT2D eigenvalue weighted by molar-refractivity contribution is 0.748. The van der Waals surface area contributed by atoms with Gasteiger partial charge in [-0.1, -0.05) is 65.7 Å². The van der Waals surface area contributed by atoms with Crippen molar-refractivity contribution in [3.63, 3.8) is 0 Å². The van der Waals surface area contributed by atoms with Crippen molar-refractivity contribution in [2.45, 2.75) is 46.7 Å². The first kappa shape index (κ1) is 22.1. The van der Waals surface area contributed by atoms with Gasteiger partial charge in [-0.15, -0.1) is 0 Å². The van der Waals surface area contributed by atoms with Gasteiger partial charge in [-0.25, -0.2) is 0 Å². The third-order valence-corrected chi connectivity index (χ3v) is 7.79. The molecule has 0 spiro atoms. The van der Waals surface area contributed by atoms with Gasteiger partial charge in [-0.05, 0) is 68.7 Å². The van der Waals surface area contributed by atoms with Crippen LogP contribution in [0.2, 0.25) is 10.0 Å². The molecule has 0 saturated carbocycles. The van der Waals surface area contributed by atoms with E-state index in [1.54, 1.807) is 0 Å². The first-order chi connectivity index (χ1) is 16.0. The van der Waals surface area contributed by atoms with Gasteiger partial charge >= 0.3 is 0 Å². The van der Waals surface area contributed by atoms with Gasteiger partial charge in [-0.3, -0.25) is 0 Å². The molecular weight excluding hydrogens is 447 g/mol. The topological polar surface area (TPSA) is 9.86 Å². The molecule has 33 heavy (non-hydrogen) atoms. The standard InChI is InChI=1S/C29H28Cl2N2/c1-5-32-18(3)27(21-11-7-9-13-25(21)32)29(20-15-16-23(30)24(31)17-20)28-19(4)33(6-2)26-14-10-8-12-22(26)28/h7-17,29H,5-6H2,1-4H3. The Morgan fingerprint density at radius 3 is 1.61 bits per heavy atom. The van der Waals surface area contributed by atoms with E-state index >= 15 is 0 Å². The molecule has 0 atom stereocenters. The Balaban J connectivity index is 1.94. The van der Waals surface area contributed by atoms with Crippen molar-refractivity contribution < 1.29 is 0 Å². The minimum atomic E-state index is 0.0372. The fourth-order valence-electron chi connectivity index (χ4n) is 5.63. The van der Waals surface area contributed by atoms with E-state index in [1.165, 1.54) is 44.3 Å². The molecule has 0 bridgehead atoms. The van der Waals surface area contributed by atoms with Gasteiger partial charge in [0.25, 0.3) is 0 Å². The highest BCUT2D eigenvalue weighted by atomic mass is 35.5. The quantitative estimate of drug-likeness (QED) is 0.241. The number of para-hydroxylation sites is 2. The van der Waals surface area contributed by atoms with Crippen molar-refractivity contribution in [2.24, 2.45) is 0 Å². The highest BCUT2D eigenvalue weighted by Gasteiger charge is 2.29. The number of rotatable bonds is 5. The van der Waals surface area contributed by atoms with Gasteiger partial charge in [0.1, 0.15) is 0 Å². The number of hydrogen-bond donors (Lipinski definition) is 0. The molecule has 4 heteroatoms. The third-order valence-electron chi connectivity index (χ3n) is 7.05. The molecular formula is C29H28Cl2N2. The molecule has 0 N–H and O–H groups in total. The summed E-state index contributed by atoms with van der Waals surface area (Å²) in [5.41, 5.74) is 8.98. The first-order valence-corrected chi connectivity index (χ1v) is 12.3. The number of halogens is 2. The van der Waals surface area contributed by atoms with Gasteiger partial charge in [0.2, 0.25) is 0 Å². The first-order valence-electron chi connectivity index (χ1n) is 11.6. The van der Waals surface area contributed by atoms with E-state index in [1.807, 2.05) is 12.1 Å². The van der Waals surface area contributed by atoms with Crippen LogP contribution < -0.4 is 0 Å². The van der Waals surface area contributed by atoms with E-state index in [2.05, 4.69) is 91.4 Å². The van der Waals surface area contributed by atoms with Crippen LogP contribution >= 0.6 is 23.2 Å². The zero-order valence-electron chi connectivity index (χ0n) is 19.5. The Morgan fingerprint density at radius 2 is 1.15 bits per heavy atom. The number of fused-ring (bicyclic) bond motifs is 2. The van der Waals surface area contributed by atoms with Crippen molar-refractivity contribution >= 4 is 45.0 Å². The summed E-state index contributed by atoms with van der Waals surface area (Å²) in [6.45, 7) is 10.8. The molecule has 0 aliphatic rings. The van der Waals surface area contributed by atoms with Crippen molar-refractivity contribution in [1.29, 1.82) is 0 Å². The average Bonchev–Trinajstić information content (AvgIpc) is 3.27. The Morgan fingerprint density at radius 1 is 0.667 bits per heavy atom. The molecule has 0 amide bonds. The SMILES string of the molecule is CCn1c(C)c(C(c2ccc(Cl)c(Cl)c2)c2c(C)n(CC)c3ccccc23)c2ccccc21. The maximum Gasteiger partial charge on any atom is 0.0595 e. The van der Waals surface area contributed by atoms with Crippen LogP contribution in [0, 0.1) is 13.8 Å². The highest BCUT2D eigenvalue weighted by molar-refractivity contribution is 6.42. The summed E-state index contributed by atoms with van der Waals surface area (Å²) in [6, 6.07) is 23.6. The predicted octanol–water partition coefficient (Wildman–Crippen LogP) is 8.74. The van der Waals surface area contributed by atoms with Gasteiger partial charge in [0.15, 0.2) is 0 Å². The number of benzene rings is 3. The minimum absolute atomic E-state index is 0.0372. The van der Waals surface area contributed by atoms with E-state index in [9.17, 15) is 0 Å². The number of hydrogen-bond acceptors (Lipinski definition) is 0. The molecule has 5 aromatic rings. The maximum atomic E-state index is 6.57. The molecule has 2 aromatic heterocycles. The number of aromatic nitrogens is 2. The fourth-order valence-corrected chi connectivity index (χ4v) is 5.94. The van der Waals surface area contributed by atoms with Gasteiger partial charge in [-0.2, -0.15) is 0 Å². The number of nitrogens with zero attached hydrogens (tertiary/aromatic N) is 2. The van der Waals surface area contributed by atoms with Gasteiger partial charge < -0.3 is 9.13 Å². The lowest BCUT2D eigenvalue weighted by atomic mass is 9.82. The molecule has 0 radical (unpaired) electrons. The van der Waals surface area contributed by atoms with E-state index in [4.69, 9.17) is 23.2 Å². The van der Waals surface area contributed by atoms with Crippen LogP contribution in [0.15, 0.2) is 66.7 Å².